The van der Waals surface area contributed by atoms with Crippen LogP contribution in [-0.4, -0.2) is 12.2 Å². The highest BCUT2D eigenvalue weighted by molar-refractivity contribution is 4.90. The molecule has 1 aliphatic carbocycles. The maximum absolute atomic E-state index is 5.35. The van der Waals surface area contributed by atoms with Crippen molar-refractivity contribution in [1.82, 2.24) is 0 Å². The Hall–Kier alpha value is -0.0400. The summed E-state index contributed by atoms with van der Waals surface area (Å²) in [6, 6.07) is 0. The average molecular weight is 112 g/mol. The van der Waals surface area contributed by atoms with Crippen molar-refractivity contribution in [2.24, 2.45) is 5.92 Å². The lowest BCUT2D eigenvalue weighted by Gasteiger charge is -2.11. The summed E-state index contributed by atoms with van der Waals surface area (Å²) in [5.41, 5.74) is 0. The molecule has 1 heteroatoms. The van der Waals surface area contributed by atoms with E-state index in [1.807, 2.05) is 0 Å². The number of rotatable bonds is 0. The zero-order valence-electron chi connectivity index (χ0n) is 5.26. The lowest BCUT2D eigenvalue weighted by molar-refractivity contribution is 0.367. The molecule has 1 nitrogen and oxygen atoms in total. The summed E-state index contributed by atoms with van der Waals surface area (Å²) in [5.74, 6) is 0.929. The first-order valence-electron chi connectivity index (χ1n) is 3.52. The van der Waals surface area contributed by atoms with E-state index in [4.69, 9.17) is 4.74 Å². The Morgan fingerprint density at radius 3 is 2.75 bits per heavy atom. The zero-order chi connectivity index (χ0) is 5.56. The molecule has 2 rings (SSSR count). The second-order valence-electron chi connectivity index (χ2n) is 3.13. The minimum absolute atomic E-state index is 0.679. The van der Waals surface area contributed by atoms with Crippen molar-refractivity contribution in [3.63, 3.8) is 0 Å². The van der Waals surface area contributed by atoms with Gasteiger partial charge < -0.3 is 4.74 Å². The average Bonchev–Trinajstić information content (AvgIpc) is 2.43. The number of ether oxygens (including phenoxy) is 1. The molecule has 2 unspecified atom stereocenters. The van der Waals surface area contributed by atoms with Gasteiger partial charge in [0.15, 0.2) is 0 Å². The summed E-state index contributed by atoms with van der Waals surface area (Å²) >= 11 is 0. The molecule has 46 valence electrons. The van der Waals surface area contributed by atoms with Gasteiger partial charge in [-0.3, -0.25) is 0 Å². The van der Waals surface area contributed by atoms with E-state index in [2.05, 4.69) is 6.92 Å². The van der Waals surface area contributed by atoms with Crippen LogP contribution in [0.3, 0.4) is 0 Å². The SMILES string of the molecule is C[C@@H]1CCC2OC2C1. The van der Waals surface area contributed by atoms with Gasteiger partial charge in [0.25, 0.3) is 0 Å². The van der Waals surface area contributed by atoms with Crippen molar-refractivity contribution in [2.75, 3.05) is 0 Å². The molecule has 0 aromatic heterocycles. The lowest BCUT2D eigenvalue weighted by atomic mass is 9.91. The smallest absolute Gasteiger partial charge is 0.0844 e. The van der Waals surface area contributed by atoms with Crippen LogP contribution in [0.5, 0.6) is 0 Å². The predicted molar refractivity (Wildman–Crippen MR) is 31.7 cm³/mol. The lowest BCUT2D eigenvalue weighted by Crippen LogP contribution is -2.09. The third-order valence-electron chi connectivity index (χ3n) is 2.27. The van der Waals surface area contributed by atoms with E-state index in [9.17, 15) is 0 Å². The van der Waals surface area contributed by atoms with Crippen molar-refractivity contribution < 1.29 is 4.74 Å². The second-order valence-corrected chi connectivity index (χ2v) is 3.13. The van der Waals surface area contributed by atoms with Gasteiger partial charge in [-0.2, -0.15) is 0 Å². The van der Waals surface area contributed by atoms with Crippen LogP contribution in [-0.2, 0) is 4.74 Å². The third-order valence-corrected chi connectivity index (χ3v) is 2.27. The van der Waals surface area contributed by atoms with Crippen LogP contribution in [0.1, 0.15) is 26.2 Å². The fraction of sp³-hybridized carbons (Fsp3) is 1.00. The molecule has 0 aromatic carbocycles. The van der Waals surface area contributed by atoms with Crippen LogP contribution in [0.15, 0.2) is 0 Å². The van der Waals surface area contributed by atoms with E-state index in [0.717, 1.165) is 5.92 Å². The molecule has 1 heterocycles. The normalized spacial score (nSPS) is 52.9. The van der Waals surface area contributed by atoms with Gasteiger partial charge in [-0.25, -0.2) is 0 Å². The molecule has 1 saturated heterocycles. The molecule has 8 heavy (non-hydrogen) atoms. The van der Waals surface area contributed by atoms with Crippen molar-refractivity contribution >= 4 is 0 Å². The van der Waals surface area contributed by atoms with Crippen LogP contribution in [0.4, 0.5) is 0 Å². The minimum Gasteiger partial charge on any atom is -0.370 e. The van der Waals surface area contributed by atoms with Gasteiger partial charge >= 0.3 is 0 Å². The standard InChI is InChI=1S/C7H12O/c1-5-2-3-6-7(4-5)8-6/h5-7H,2-4H2,1H3/t5-,6?,7?/m1/s1. The predicted octanol–water partition coefficient (Wildman–Crippen LogP) is 1.57. The fourth-order valence-corrected chi connectivity index (χ4v) is 1.60. The zero-order valence-corrected chi connectivity index (χ0v) is 5.26. The molecule has 2 aliphatic rings. The van der Waals surface area contributed by atoms with Gasteiger partial charge in [0.05, 0.1) is 12.2 Å². The Bertz CT molecular complexity index is 101. The largest absolute Gasteiger partial charge is 0.370 e. The molecule has 2 fully saturated rings. The number of epoxide rings is 1. The number of fused-ring (bicyclic) bond motifs is 1. The first-order chi connectivity index (χ1) is 3.86. The molecular weight excluding hydrogens is 100 g/mol. The van der Waals surface area contributed by atoms with E-state index in [-0.39, 0.29) is 0 Å². The monoisotopic (exact) mass is 112 g/mol. The van der Waals surface area contributed by atoms with Crippen LogP contribution < -0.4 is 0 Å². The van der Waals surface area contributed by atoms with Gasteiger partial charge in [-0.1, -0.05) is 6.92 Å². The van der Waals surface area contributed by atoms with Gasteiger partial charge in [-0.15, -0.1) is 0 Å². The Labute approximate surface area is 50.0 Å². The Kier molecular flexibility index (Phi) is 0.884. The molecule has 1 aliphatic heterocycles. The Morgan fingerprint density at radius 1 is 1.25 bits per heavy atom. The van der Waals surface area contributed by atoms with Gasteiger partial charge in [0.2, 0.25) is 0 Å². The van der Waals surface area contributed by atoms with Gasteiger partial charge in [-0.05, 0) is 25.2 Å². The van der Waals surface area contributed by atoms with E-state index in [1.54, 1.807) is 0 Å². The molecule has 0 amide bonds. The summed E-state index contributed by atoms with van der Waals surface area (Å²) in [6.07, 6.45) is 5.41. The van der Waals surface area contributed by atoms with E-state index < -0.39 is 0 Å². The van der Waals surface area contributed by atoms with Crippen molar-refractivity contribution in [3.05, 3.63) is 0 Å². The van der Waals surface area contributed by atoms with Crippen LogP contribution in [0, 0.1) is 5.92 Å². The summed E-state index contributed by atoms with van der Waals surface area (Å²) in [4.78, 5) is 0. The molecular formula is C7H12O. The Morgan fingerprint density at radius 2 is 2.12 bits per heavy atom. The molecule has 0 N–H and O–H groups in total. The molecule has 3 atom stereocenters. The maximum Gasteiger partial charge on any atom is 0.0844 e. The quantitative estimate of drug-likeness (QED) is 0.433. The highest BCUT2D eigenvalue weighted by Crippen LogP contribution is 2.38. The fourth-order valence-electron chi connectivity index (χ4n) is 1.60. The first kappa shape index (κ1) is 4.80. The van der Waals surface area contributed by atoms with Gasteiger partial charge in [0, 0.05) is 0 Å². The first-order valence-corrected chi connectivity index (χ1v) is 3.52. The van der Waals surface area contributed by atoms with Crippen LogP contribution in [0.25, 0.3) is 0 Å². The topological polar surface area (TPSA) is 12.5 Å². The molecule has 0 aromatic rings. The summed E-state index contributed by atoms with van der Waals surface area (Å²) < 4.78 is 5.35. The van der Waals surface area contributed by atoms with Crippen molar-refractivity contribution in [1.29, 1.82) is 0 Å². The Balaban J connectivity index is 1.93. The molecule has 1 saturated carbocycles. The highest BCUT2D eigenvalue weighted by Gasteiger charge is 2.42. The van der Waals surface area contributed by atoms with E-state index >= 15 is 0 Å². The molecule has 0 radical (unpaired) electrons. The third kappa shape index (κ3) is 0.655. The summed E-state index contributed by atoms with van der Waals surface area (Å²) in [5, 5.41) is 0. The summed E-state index contributed by atoms with van der Waals surface area (Å²) in [6.45, 7) is 2.32. The van der Waals surface area contributed by atoms with E-state index in [1.165, 1.54) is 19.3 Å². The summed E-state index contributed by atoms with van der Waals surface area (Å²) in [7, 11) is 0. The number of hydrogen-bond acceptors (Lipinski definition) is 1. The molecule has 0 spiro atoms. The number of hydrogen-bond donors (Lipinski definition) is 0. The van der Waals surface area contributed by atoms with E-state index in [0.29, 0.717) is 12.2 Å². The minimum atomic E-state index is 0.679. The molecule has 0 bridgehead atoms. The maximum atomic E-state index is 5.35. The second kappa shape index (κ2) is 1.47. The van der Waals surface area contributed by atoms with Crippen molar-refractivity contribution in [2.45, 2.75) is 38.4 Å². The van der Waals surface area contributed by atoms with Crippen LogP contribution in [0.2, 0.25) is 0 Å². The van der Waals surface area contributed by atoms with Crippen LogP contribution >= 0.6 is 0 Å². The van der Waals surface area contributed by atoms with Gasteiger partial charge in [0.1, 0.15) is 0 Å². The highest BCUT2D eigenvalue weighted by atomic mass is 16.6. The van der Waals surface area contributed by atoms with Crippen molar-refractivity contribution in [3.8, 4) is 0 Å².